The molecule has 2 rings (SSSR count). The van der Waals surface area contributed by atoms with Crippen molar-refractivity contribution in [1.82, 2.24) is 10.3 Å². The fourth-order valence-corrected chi connectivity index (χ4v) is 1.68. The van der Waals surface area contributed by atoms with E-state index in [1.54, 1.807) is 18.3 Å². The number of aliphatic carboxylic acids is 1. The Bertz CT molecular complexity index is 630. The largest absolute Gasteiger partial charge is 0.479 e. The molecule has 0 saturated heterocycles. The van der Waals surface area contributed by atoms with E-state index in [2.05, 4.69) is 10.3 Å². The normalized spacial score (nSPS) is 14.0. The zero-order valence-corrected chi connectivity index (χ0v) is 10.3. The van der Waals surface area contributed by atoms with Crippen molar-refractivity contribution < 1.29 is 19.8 Å². The lowest BCUT2D eigenvalue weighted by molar-refractivity contribution is -0.155. The Balaban J connectivity index is 2.15. The zero-order valence-electron chi connectivity index (χ0n) is 10.3. The maximum atomic E-state index is 12.0. The summed E-state index contributed by atoms with van der Waals surface area (Å²) in [5.41, 5.74) is -0.753. The molecule has 0 radical (unpaired) electrons. The van der Waals surface area contributed by atoms with E-state index in [0.717, 1.165) is 17.8 Å². The number of hydrogen-bond acceptors (Lipinski definition) is 3. The predicted molar refractivity (Wildman–Crippen MR) is 68.9 cm³/mol. The summed E-state index contributed by atoms with van der Waals surface area (Å²) in [6.07, 6.45) is 1.55. The van der Waals surface area contributed by atoms with Gasteiger partial charge in [0.1, 0.15) is 0 Å². The summed E-state index contributed by atoms with van der Waals surface area (Å²) in [4.78, 5) is 25.6. The smallest absolute Gasteiger partial charge is 0.337 e. The fourth-order valence-electron chi connectivity index (χ4n) is 1.68. The minimum absolute atomic E-state index is 0.360. The second-order valence-electron chi connectivity index (χ2n) is 4.51. The first kappa shape index (κ1) is 13.1. The number of benzene rings is 1. The van der Waals surface area contributed by atoms with Gasteiger partial charge in [0.05, 0.1) is 12.1 Å². The van der Waals surface area contributed by atoms with Gasteiger partial charge in [0, 0.05) is 17.1 Å². The average molecular weight is 262 g/mol. The molecule has 4 N–H and O–H groups in total. The lowest BCUT2D eigenvalue weighted by Crippen LogP contribution is -2.46. The number of aromatic nitrogens is 1. The number of carbonyl (C=O) groups excluding carboxylic acids is 1. The van der Waals surface area contributed by atoms with Gasteiger partial charge in [0.15, 0.2) is 5.60 Å². The van der Waals surface area contributed by atoms with Gasteiger partial charge in [-0.2, -0.15) is 0 Å². The van der Waals surface area contributed by atoms with E-state index in [0.29, 0.717) is 5.56 Å². The molecule has 0 aliphatic heterocycles. The summed E-state index contributed by atoms with van der Waals surface area (Å²) in [5, 5.41) is 21.4. The Labute approximate surface area is 109 Å². The molecule has 1 aromatic carbocycles. The Morgan fingerprint density at radius 3 is 2.74 bits per heavy atom. The monoisotopic (exact) mass is 262 g/mol. The van der Waals surface area contributed by atoms with Crippen LogP contribution in [0.1, 0.15) is 17.3 Å². The standard InChI is InChI=1S/C13H14N2O4/c1-13(19,12(17)18)7-15-11(16)9-6-14-10-5-3-2-4-8(9)10/h2-6,14,19H,7H2,1H3,(H,15,16)(H,17,18). The number of carboxylic acids is 1. The summed E-state index contributed by atoms with van der Waals surface area (Å²) in [5.74, 6) is -1.81. The summed E-state index contributed by atoms with van der Waals surface area (Å²) >= 11 is 0. The molecule has 1 unspecified atom stereocenters. The minimum atomic E-state index is -1.98. The molecule has 1 heterocycles. The van der Waals surface area contributed by atoms with Crippen LogP contribution in [0.2, 0.25) is 0 Å². The molecule has 1 amide bonds. The van der Waals surface area contributed by atoms with Crippen molar-refractivity contribution in [1.29, 1.82) is 0 Å². The number of H-pyrrole nitrogens is 1. The van der Waals surface area contributed by atoms with Crippen LogP contribution < -0.4 is 5.32 Å². The van der Waals surface area contributed by atoms with Gasteiger partial charge < -0.3 is 20.5 Å². The number of carbonyl (C=O) groups is 2. The fraction of sp³-hybridized carbons (Fsp3) is 0.231. The molecule has 6 nitrogen and oxygen atoms in total. The summed E-state index contributed by atoms with van der Waals surface area (Å²) in [6.45, 7) is 0.769. The van der Waals surface area contributed by atoms with Gasteiger partial charge in [-0.05, 0) is 13.0 Å². The van der Waals surface area contributed by atoms with E-state index in [4.69, 9.17) is 5.11 Å². The summed E-state index contributed by atoms with van der Waals surface area (Å²) in [7, 11) is 0. The van der Waals surface area contributed by atoms with E-state index < -0.39 is 17.5 Å². The van der Waals surface area contributed by atoms with Crippen LogP contribution in [0.4, 0.5) is 0 Å². The van der Waals surface area contributed by atoms with Crippen LogP contribution in [0.15, 0.2) is 30.5 Å². The number of aromatic amines is 1. The first-order valence-electron chi connectivity index (χ1n) is 5.72. The van der Waals surface area contributed by atoms with Gasteiger partial charge in [0.2, 0.25) is 0 Å². The van der Waals surface area contributed by atoms with Crippen molar-refractivity contribution in [2.75, 3.05) is 6.54 Å². The highest BCUT2D eigenvalue weighted by Gasteiger charge is 2.30. The van der Waals surface area contributed by atoms with Crippen LogP contribution >= 0.6 is 0 Å². The highest BCUT2D eigenvalue weighted by molar-refractivity contribution is 6.06. The lowest BCUT2D eigenvalue weighted by Gasteiger charge is -2.18. The van der Waals surface area contributed by atoms with Crippen molar-refractivity contribution in [3.05, 3.63) is 36.0 Å². The average Bonchev–Trinajstić information content (AvgIpc) is 2.79. The van der Waals surface area contributed by atoms with E-state index in [1.807, 2.05) is 12.1 Å². The summed E-state index contributed by atoms with van der Waals surface area (Å²) < 4.78 is 0. The molecule has 0 bridgehead atoms. The lowest BCUT2D eigenvalue weighted by atomic mass is 10.1. The topological polar surface area (TPSA) is 102 Å². The Morgan fingerprint density at radius 1 is 1.37 bits per heavy atom. The Morgan fingerprint density at radius 2 is 2.05 bits per heavy atom. The van der Waals surface area contributed by atoms with Crippen molar-refractivity contribution >= 4 is 22.8 Å². The van der Waals surface area contributed by atoms with E-state index >= 15 is 0 Å². The van der Waals surface area contributed by atoms with Crippen molar-refractivity contribution in [2.45, 2.75) is 12.5 Å². The van der Waals surface area contributed by atoms with Gasteiger partial charge >= 0.3 is 5.97 Å². The van der Waals surface area contributed by atoms with Crippen LogP contribution in [0.25, 0.3) is 10.9 Å². The third-order valence-electron chi connectivity index (χ3n) is 2.89. The van der Waals surface area contributed by atoms with E-state index in [1.165, 1.54) is 0 Å². The van der Waals surface area contributed by atoms with Gasteiger partial charge in [0.25, 0.3) is 5.91 Å². The molecule has 0 spiro atoms. The van der Waals surface area contributed by atoms with Crippen molar-refractivity contribution in [3.8, 4) is 0 Å². The van der Waals surface area contributed by atoms with Crippen LogP contribution in [0.5, 0.6) is 0 Å². The Kier molecular flexibility index (Phi) is 3.26. The third kappa shape index (κ3) is 2.58. The van der Waals surface area contributed by atoms with Gasteiger partial charge in [-0.3, -0.25) is 4.79 Å². The molecule has 0 fully saturated rings. The molecule has 1 aromatic heterocycles. The highest BCUT2D eigenvalue weighted by atomic mass is 16.4. The van der Waals surface area contributed by atoms with Crippen LogP contribution in [-0.4, -0.2) is 39.2 Å². The van der Waals surface area contributed by atoms with Crippen molar-refractivity contribution in [3.63, 3.8) is 0 Å². The molecule has 100 valence electrons. The number of hydrogen-bond donors (Lipinski definition) is 4. The van der Waals surface area contributed by atoms with Crippen molar-refractivity contribution in [2.24, 2.45) is 0 Å². The van der Waals surface area contributed by atoms with E-state index in [-0.39, 0.29) is 6.54 Å². The molecule has 1 atom stereocenters. The maximum absolute atomic E-state index is 12.0. The van der Waals surface area contributed by atoms with Gasteiger partial charge in [-0.1, -0.05) is 18.2 Å². The molecule has 0 aliphatic rings. The second kappa shape index (κ2) is 4.74. The second-order valence-corrected chi connectivity index (χ2v) is 4.51. The quantitative estimate of drug-likeness (QED) is 0.652. The molecule has 0 saturated carbocycles. The SMILES string of the molecule is CC(O)(CNC(=O)c1c[nH]c2ccccc12)C(=O)O. The number of carboxylic acid groups (broad SMARTS) is 1. The minimum Gasteiger partial charge on any atom is -0.479 e. The first-order valence-corrected chi connectivity index (χ1v) is 5.72. The predicted octanol–water partition coefficient (Wildman–Crippen LogP) is 0.733. The molecule has 19 heavy (non-hydrogen) atoms. The first-order chi connectivity index (χ1) is 8.92. The van der Waals surface area contributed by atoms with Crippen LogP contribution in [-0.2, 0) is 4.79 Å². The van der Waals surface area contributed by atoms with Crippen LogP contribution in [0, 0.1) is 0 Å². The zero-order chi connectivity index (χ0) is 14.0. The van der Waals surface area contributed by atoms with Gasteiger partial charge in [-0.15, -0.1) is 0 Å². The molecular weight excluding hydrogens is 248 g/mol. The number of rotatable bonds is 4. The highest BCUT2D eigenvalue weighted by Crippen LogP contribution is 2.17. The maximum Gasteiger partial charge on any atom is 0.337 e. The molecule has 6 heteroatoms. The number of aliphatic hydroxyl groups is 1. The third-order valence-corrected chi connectivity index (χ3v) is 2.89. The van der Waals surface area contributed by atoms with Gasteiger partial charge in [-0.25, -0.2) is 4.79 Å². The molecular formula is C13H14N2O4. The van der Waals surface area contributed by atoms with E-state index in [9.17, 15) is 14.7 Å². The summed E-state index contributed by atoms with van der Waals surface area (Å²) in [6, 6.07) is 7.27. The number of para-hydroxylation sites is 1. The number of fused-ring (bicyclic) bond motifs is 1. The Hall–Kier alpha value is -2.34. The number of nitrogens with one attached hydrogen (secondary N) is 2. The molecule has 0 aliphatic carbocycles. The molecule has 2 aromatic rings. The number of amides is 1. The van der Waals surface area contributed by atoms with Crippen LogP contribution in [0.3, 0.4) is 0 Å².